The highest BCUT2D eigenvalue weighted by molar-refractivity contribution is 6.35. The lowest BCUT2D eigenvalue weighted by Gasteiger charge is -2.40. The average Bonchev–Trinajstić information content (AvgIpc) is 2.81. The molecule has 2 heterocycles. The lowest BCUT2D eigenvalue weighted by Crippen LogP contribution is -2.52. The van der Waals surface area contributed by atoms with E-state index in [1.54, 1.807) is 6.07 Å². The Labute approximate surface area is 201 Å². The second-order valence-electron chi connectivity index (χ2n) is 8.63. The van der Waals surface area contributed by atoms with Gasteiger partial charge in [-0.3, -0.25) is 9.69 Å². The zero-order valence-corrected chi connectivity index (χ0v) is 19.6. The van der Waals surface area contributed by atoms with Crippen molar-refractivity contribution in [2.24, 2.45) is 5.92 Å². The standard InChI is InChI=1S/C24H26Cl2F3N3O/c25-21-7-2-8-22(26)20(21)16-30-9-3-4-17(15-30)23(33)32-12-10-31(11-13-32)19-6-1-5-18(14-19)24(27,28)29/h1-2,5-8,14,17H,3-4,9-13,15-16H2. The van der Waals surface area contributed by atoms with Gasteiger partial charge in [0.15, 0.2) is 0 Å². The molecule has 4 rings (SSSR count). The molecule has 0 N–H and O–H groups in total. The molecule has 2 aliphatic heterocycles. The van der Waals surface area contributed by atoms with Gasteiger partial charge in [0.05, 0.1) is 11.5 Å². The number of hydrogen-bond acceptors (Lipinski definition) is 3. The number of benzene rings is 2. The molecule has 9 heteroatoms. The molecule has 0 saturated carbocycles. The third-order valence-corrected chi connectivity index (χ3v) is 7.14. The van der Waals surface area contributed by atoms with Crippen molar-refractivity contribution in [3.05, 3.63) is 63.6 Å². The van der Waals surface area contributed by atoms with Gasteiger partial charge in [-0.2, -0.15) is 13.2 Å². The number of piperidine rings is 1. The van der Waals surface area contributed by atoms with Crippen molar-refractivity contribution in [1.29, 1.82) is 0 Å². The van der Waals surface area contributed by atoms with E-state index in [-0.39, 0.29) is 11.8 Å². The molecule has 2 saturated heterocycles. The molecule has 4 nitrogen and oxygen atoms in total. The lowest BCUT2D eigenvalue weighted by atomic mass is 9.95. The molecule has 0 bridgehead atoms. The molecular formula is C24H26Cl2F3N3O. The van der Waals surface area contributed by atoms with E-state index in [0.29, 0.717) is 55.0 Å². The van der Waals surface area contributed by atoms with Gasteiger partial charge in [-0.15, -0.1) is 0 Å². The second-order valence-corrected chi connectivity index (χ2v) is 9.45. The third-order valence-electron chi connectivity index (χ3n) is 6.43. The summed E-state index contributed by atoms with van der Waals surface area (Å²) in [5, 5.41) is 1.25. The average molecular weight is 500 g/mol. The van der Waals surface area contributed by atoms with Gasteiger partial charge in [0.25, 0.3) is 0 Å². The summed E-state index contributed by atoms with van der Waals surface area (Å²) < 4.78 is 39.1. The van der Waals surface area contributed by atoms with Gasteiger partial charge in [0, 0.05) is 60.6 Å². The predicted molar refractivity (Wildman–Crippen MR) is 125 cm³/mol. The van der Waals surface area contributed by atoms with Crippen LogP contribution in [0.5, 0.6) is 0 Å². The molecule has 0 aliphatic carbocycles. The molecule has 2 aromatic carbocycles. The number of anilines is 1. The Kier molecular flexibility index (Phi) is 7.41. The smallest absolute Gasteiger partial charge is 0.368 e. The first-order valence-corrected chi connectivity index (χ1v) is 11.8. The van der Waals surface area contributed by atoms with E-state index >= 15 is 0 Å². The molecule has 1 amide bonds. The van der Waals surface area contributed by atoms with Crippen molar-refractivity contribution in [1.82, 2.24) is 9.80 Å². The van der Waals surface area contributed by atoms with E-state index in [1.165, 1.54) is 12.1 Å². The van der Waals surface area contributed by atoms with E-state index in [1.807, 2.05) is 28.0 Å². The van der Waals surface area contributed by atoms with E-state index < -0.39 is 11.7 Å². The Hall–Kier alpha value is -1.96. The van der Waals surface area contributed by atoms with Gasteiger partial charge in [-0.1, -0.05) is 35.3 Å². The summed E-state index contributed by atoms with van der Waals surface area (Å²) in [6.45, 7) is 4.16. The number of halogens is 5. The van der Waals surface area contributed by atoms with Crippen LogP contribution in [-0.2, 0) is 17.5 Å². The molecular weight excluding hydrogens is 474 g/mol. The van der Waals surface area contributed by atoms with Gasteiger partial charge in [0.2, 0.25) is 5.91 Å². The summed E-state index contributed by atoms with van der Waals surface area (Å²) in [5.41, 5.74) is 0.764. The van der Waals surface area contributed by atoms with E-state index in [4.69, 9.17) is 23.2 Å². The van der Waals surface area contributed by atoms with Gasteiger partial charge in [-0.05, 0) is 49.7 Å². The van der Waals surface area contributed by atoms with Gasteiger partial charge >= 0.3 is 6.18 Å². The molecule has 0 aromatic heterocycles. The van der Waals surface area contributed by atoms with Crippen LogP contribution in [0.15, 0.2) is 42.5 Å². The monoisotopic (exact) mass is 499 g/mol. The zero-order chi connectivity index (χ0) is 23.6. The minimum atomic E-state index is -4.37. The number of carbonyl (C=O) groups excluding carboxylic acids is 1. The minimum Gasteiger partial charge on any atom is -0.368 e. The van der Waals surface area contributed by atoms with E-state index in [2.05, 4.69) is 4.90 Å². The number of carbonyl (C=O) groups is 1. The fourth-order valence-electron chi connectivity index (χ4n) is 4.63. The fraction of sp³-hybridized carbons (Fsp3) is 0.458. The number of hydrogen-bond donors (Lipinski definition) is 0. The lowest BCUT2D eigenvalue weighted by molar-refractivity contribution is -0.138. The normalized spacial score (nSPS) is 20.2. The highest BCUT2D eigenvalue weighted by Crippen LogP contribution is 2.32. The summed E-state index contributed by atoms with van der Waals surface area (Å²) in [5.74, 6) is 0.0220. The van der Waals surface area contributed by atoms with Crippen LogP contribution in [0.1, 0.15) is 24.0 Å². The van der Waals surface area contributed by atoms with Crippen LogP contribution in [0.3, 0.4) is 0 Å². The largest absolute Gasteiger partial charge is 0.416 e. The molecule has 1 atom stereocenters. The molecule has 2 aromatic rings. The molecule has 2 aliphatic rings. The van der Waals surface area contributed by atoms with Crippen molar-refractivity contribution in [2.75, 3.05) is 44.2 Å². The predicted octanol–water partition coefficient (Wildman–Crippen LogP) is 5.57. The first-order chi connectivity index (χ1) is 15.7. The number of piperazine rings is 1. The number of amides is 1. The van der Waals surface area contributed by atoms with Crippen molar-refractivity contribution in [3.8, 4) is 0 Å². The van der Waals surface area contributed by atoms with Crippen LogP contribution in [0.2, 0.25) is 10.0 Å². The summed E-state index contributed by atoms with van der Waals surface area (Å²) in [6, 6.07) is 10.8. The number of rotatable bonds is 4. The summed E-state index contributed by atoms with van der Waals surface area (Å²) >= 11 is 12.6. The van der Waals surface area contributed by atoms with Crippen LogP contribution in [0, 0.1) is 5.92 Å². The topological polar surface area (TPSA) is 26.8 Å². The Morgan fingerprint density at radius 2 is 1.64 bits per heavy atom. The minimum absolute atomic E-state index is 0.0971. The van der Waals surface area contributed by atoms with Crippen molar-refractivity contribution >= 4 is 34.8 Å². The number of likely N-dealkylation sites (tertiary alicyclic amines) is 1. The van der Waals surface area contributed by atoms with Crippen LogP contribution in [0.25, 0.3) is 0 Å². The Balaban J connectivity index is 1.34. The van der Waals surface area contributed by atoms with E-state index in [0.717, 1.165) is 31.0 Å². The molecule has 0 radical (unpaired) electrons. The van der Waals surface area contributed by atoms with Gasteiger partial charge < -0.3 is 9.80 Å². The Bertz CT molecular complexity index is 973. The molecule has 0 spiro atoms. The molecule has 33 heavy (non-hydrogen) atoms. The molecule has 178 valence electrons. The number of alkyl halides is 3. The van der Waals surface area contributed by atoms with Crippen molar-refractivity contribution in [3.63, 3.8) is 0 Å². The van der Waals surface area contributed by atoms with Crippen LogP contribution in [0.4, 0.5) is 18.9 Å². The molecule has 2 fully saturated rings. The molecule has 1 unspecified atom stereocenters. The van der Waals surface area contributed by atoms with Crippen LogP contribution >= 0.6 is 23.2 Å². The van der Waals surface area contributed by atoms with Crippen LogP contribution in [-0.4, -0.2) is 55.0 Å². The SMILES string of the molecule is O=C(C1CCCN(Cc2c(Cl)cccc2Cl)C1)N1CCN(c2cccc(C(F)(F)F)c2)CC1. The Morgan fingerprint density at radius 3 is 2.30 bits per heavy atom. The second kappa shape index (κ2) is 10.1. The summed E-state index contributed by atoms with van der Waals surface area (Å²) in [7, 11) is 0. The van der Waals surface area contributed by atoms with Crippen LogP contribution < -0.4 is 4.90 Å². The van der Waals surface area contributed by atoms with Crippen molar-refractivity contribution < 1.29 is 18.0 Å². The first-order valence-electron chi connectivity index (χ1n) is 11.1. The highest BCUT2D eigenvalue weighted by Gasteiger charge is 2.33. The maximum atomic E-state index is 13.2. The van der Waals surface area contributed by atoms with Crippen molar-refractivity contribution in [2.45, 2.75) is 25.6 Å². The summed E-state index contributed by atoms with van der Waals surface area (Å²) in [4.78, 5) is 19.2. The Morgan fingerprint density at radius 1 is 0.970 bits per heavy atom. The zero-order valence-electron chi connectivity index (χ0n) is 18.1. The number of nitrogens with zero attached hydrogens (tertiary/aromatic N) is 3. The van der Waals surface area contributed by atoms with E-state index in [9.17, 15) is 18.0 Å². The maximum absolute atomic E-state index is 13.2. The summed E-state index contributed by atoms with van der Waals surface area (Å²) in [6.07, 6.45) is -2.61. The van der Waals surface area contributed by atoms with Gasteiger partial charge in [0.1, 0.15) is 0 Å². The fourth-order valence-corrected chi connectivity index (χ4v) is 5.15. The quantitative estimate of drug-likeness (QED) is 0.549. The first kappa shape index (κ1) is 24.2. The third kappa shape index (κ3) is 5.76. The van der Waals surface area contributed by atoms with Gasteiger partial charge in [-0.25, -0.2) is 0 Å². The highest BCUT2D eigenvalue weighted by atomic mass is 35.5. The maximum Gasteiger partial charge on any atom is 0.416 e.